The third-order valence-electron chi connectivity index (χ3n) is 2.58. The van der Waals surface area contributed by atoms with Crippen LogP contribution in [0.15, 0.2) is 24.5 Å². The Morgan fingerprint density at radius 1 is 1.21 bits per heavy atom. The first-order valence-electron chi connectivity index (χ1n) is 4.90. The summed E-state index contributed by atoms with van der Waals surface area (Å²) in [5, 5.41) is 1.27. The first kappa shape index (κ1) is 9.25. The molecule has 14 heavy (non-hydrogen) atoms. The van der Waals surface area contributed by atoms with Crippen LogP contribution in [0.1, 0.15) is 26.3 Å². The van der Waals surface area contributed by atoms with Crippen molar-refractivity contribution in [1.29, 1.82) is 0 Å². The van der Waals surface area contributed by atoms with Gasteiger partial charge in [0, 0.05) is 24.8 Å². The highest BCUT2D eigenvalue weighted by molar-refractivity contribution is 5.80. The maximum absolute atomic E-state index is 4.38. The van der Waals surface area contributed by atoms with E-state index in [9.17, 15) is 0 Å². The lowest BCUT2D eigenvalue weighted by Crippen LogP contribution is -2.11. The fraction of sp³-hybridized carbons (Fsp3) is 0.417. The van der Waals surface area contributed by atoms with Gasteiger partial charge in [0.15, 0.2) is 0 Å². The van der Waals surface area contributed by atoms with Gasteiger partial charge in [0.05, 0.1) is 0 Å². The maximum atomic E-state index is 4.38. The molecule has 0 unspecified atom stereocenters. The molecule has 0 amide bonds. The zero-order valence-electron chi connectivity index (χ0n) is 9.20. The van der Waals surface area contributed by atoms with Crippen LogP contribution >= 0.6 is 0 Å². The Morgan fingerprint density at radius 3 is 2.57 bits per heavy atom. The molecule has 2 heterocycles. The largest absolute Gasteiger partial charge is 0.336 e. The van der Waals surface area contributed by atoms with E-state index in [1.165, 1.54) is 10.9 Å². The van der Waals surface area contributed by atoms with Crippen molar-refractivity contribution in [1.82, 2.24) is 9.55 Å². The zero-order valence-corrected chi connectivity index (χ0v) is 9.20. The molecule has 0 saturated carbocycles. The molecule has 0 fully saturated rings. The number of hydrogen-bond acceptors (Lipinski definition) is 1. The van der Waals surface area contributed by atoms with Gasteiger partial charge in [-0.1, -0.05) is 20.8 Å². The van der Waals surface area contributed by atoms with E-state index in [2.05, 4.69) is 48.7 Å². The number of aryl methyl sites for hydroxylation is 1. The lowest BCUT2D eigenvalue weighted by Gasteiger charge is -2.19. The minimum atomic E-state index is 0.183. The van der Waals surface area contributed by atoms with Crippen LogP contribution < -0.4 is 0 Å². The second kappa shape index (κ2) is 2.84. The van der Waals surface area contributed by atoms with Gasteiger partial charge in [-0.25, -0.2) is 4.98 Å². The van der Waals surface area contributed by atoms with Crippen molar-refractivity contribution in [2.24, 2.45) is 7.05 Å². The van der Waals surface area contributed by atoms with Gasteiger partial charge < -0.3 is 4.57 Å². The summed E-state index contributed by atoms with van der Waals surface area (Å²) >= 11 is 0. The highest BCUT2D eigenvalue weighted by Gasteiger charge is 2.17. The Labute approximate surface area is 84.6 Å². The van der Waals surface area contributed by atoms with Crippen LogP contribution in [0.4, 0.5) is 0 Å². The number of nitrogens with zero attached hydrogens (tertiary/aromatic N) is 2. The van der Waals surface area contributed by atoms with Gasteiger partial charge in [0.1, 0.15) is 5.65 Å². The van der Waals surface area contributed by atoms with Gasteiger partial charge in [0.2, 0.25) is 0 Å². The van der Waals surface area contributed by atoms with Crippen LogP contribution in [-0.4, -0.2) is 9.55 Å². The summed E-state index contributed by atoms with van der Waals surface area (Å²) in [4.78, 5) is 4.38. The summed E-state index contributed by atoms with van der Waals surface area (Å²) < 4.78 is 2.06. The molecular weight excluding hydrogens is 172 g/mol. The molecule has 0 bridgehead atoms. The molecule has 2 rings (SSSR count). The second-order valence-electron chi connectivity index (χ2n) is 4.77. The molecule has 0 aliphatic heterocycles. The van der Waals surface area contributed by atoms with Crippen LogP contribution in [0.5, 0.6) is 0 Å². The number of pyridine rings is 1. The molecule has 0 atom stereocenters. The second-order valence-corrected chi connectivity index (χ2v) is 4.77. The number of rotatable bonds is 0. The summed E-state index contributed by atoms with van der Waals surface area (Å²) in [6, 6.07) is 4.26. The van der Waals surface area contributed by atoms with Gasteiger partial charge >= 0.3 is 0 Å². The highest BCUT2D eigenvalue weighted by atomic mass is 15.0. The molecule has 2 aromatic rings. The van der Waals surface area contributed by atoms with E-state index in [4.69, 9.17) is 0 Å². The van der Waals surface area contributed by atoms with Crippen LogP contribution in [0.25, 0.3) is 11.0 Å². The molecule has 0 aliphatic rings. The van der Waals surface area contributed by atoms with Crippen molar-refractivity contribution in [3.05, 3.63) is 30.1 Å². The molecule has 0 radical (unpaired) electrons. The van der Waals surface area contributed by atoms with Crippen molar-refractivity contribution < 1.29 is 0 Å². The summed E-state index contributed by atoms with van der Waals surface area (Å²) in [6.07, 6.45) is 3.95. The van der Waals surface area contributed by atoms with Crippen LogP contribution in [0, 0.1) is 0 Å². The minimum absolute atomic E-state index is 0.183. The van der Waals surface area contributed by atoms with Crippen LogP contribution in [0.3, 0.4) is 0 Å². The van der Waals surface area contributed by atoms with E-state index in [0.717, 1.165) is 5.65 Å². The lowest BCUT2D eigenvalue weighted by molar-refractivity contribution is 0.595. The van der Waals surface area contributed by atoms with E-state index in [0.29, 0.717) is 0 Å². The molecule has 0 N–H and O–H groups in total. The topological polar surface area (TPSA) is 17.8 Å². The first-order chi connectivity index (χ1) is 6.50. The quantitative estimate of drug-likeness (QED) is 0.621. The molecular formula is C12H16N2. The highest BCUT2D eigenvalue weighted by Crippen LogP contribution is 2.28. The Balaban J connectivity index is 2.79. The smallest absolute Gasteiger partial charge is 0.139 e. The third-order valence-corrected chi connectivity index (χ3v) is 2.58. The van der Waals surface area contributed by atoms with E-state index in [1.54, 1.807) is 0 Å². The van der Waals surface area contributed by atoms with E-state index in [-0.39, 0.29) is 5.41 Å². The summed E-state index contributed by atoms with van der Waals surface area (Å²) in [5.74, 6) is 0. The first-order valence-corrected chi connectivity index (χ1v) is 4.90. The van der Waals surface area contributed by atoms with Gasteiger partial charge in [-0.2, -0.15) is 0 Å². The average Bonchev–Trinajstić information content (AvgIpc) is 2.46. The molecule has 74 valence electrons. The predicted octanol–water partition coefficient (Wildman–Crippen LogP) is 2.87. The van der Waals surface area contributed by atoms with Gasteiger partial charge in [-0.3, -0.25) is 0 Å². The number of fused-ring (bicyclic) bond motifs is 1. The van der Waals surface area contributed by atoms with Crippen molar-refractivity contribution in [3.63, 3.8) is 0 Å². The monoisotopic (exact) mass is 188 g/mol. The maximum Gasteiger partial charge on any atom is 0.139 e. The Kier molecular flexibility index (Phi) is 1.88. The summed E-state index contributed by atoms with van der Waals surface area (Å²) in [7, 11) is 2.03. The van der Waals surface area contributed by atoms with Crippen LogP contribution in [0.2, 0.25) is 0 Å². The SMILES string of the molecule is Cn1ccc2c(C(C)(C)C)ccnc21. The van der Waals surface area contributed by atoms with Crippen molar-refractivity contribution in [3.8, 4) is 0 Å². The average molecular weight is 188 g/mol. The Morgan fingerprint density at radius 2 is 1.93 bits per heavy atom. The van der Waals surface area contributed by atoms with Crippen LogP contribution in [-0.2, 0) is 12.5 Å². The summed E-state index contributed by atoms with van der Waals surface area (Å²) in [6.45, 7) is 6.69. The summed E-state index contributed by atoms with van der Waals surface area (Å²) in [5.41, 5.74) is 2.61. The van der Waals surface area contributed by atoms with Crippen molar-refractivity contribution in [2.75, 3.05) is 0 Å². The van der Waals surface area contributed by atoms with Crippen molar-refractivity contribution >= 4 is 11.0 Å². The normalized spacial score (nSPS) is 12.3. The van der Waals surface area contributed by atoms with E-state index < -0.39 is 0 Å². The van der Waals surface area contributed by atoms with Gasteiger partial charge in [-0.05, 0) is 23.1 Å². The third kappa shape index (κ3) is 1.31. The molecule has 0 saturated heterocycles. The van der Waals surface area contributed by atoms with Gasteiger partial charge in [0.25, 0.3) is 0 Å². The van der Waals surface area contributed by atoms with E-state index >= 15 is 0 Å². The standard InChI is InChI=1S/C12H16N2/c1-12(2,3)10-5-7-13-11-9(10)6-8-14(11)4/h5-8H,1-4H3. The fourth-order valence-electron chi connectivity index (χ4n) is 1.82. The molecule has 2 aromatic heterocycles. The molecule has 0 spiro atoms. The van der Waals surface area contributed by atoms with Crippen molar-refractivity contribution in [2.45, 2.75) is 26.2 Å². The molecule has 0 aliphatic carbocycles. The molecule has 2 nitrogen and oxygen atoms in total. The lowest BCUT2D eigenvalue weighted by atomic mass is 9.86. The van der Waals surface area contributed by atoms with Gasteiger partial charge in [-0.15, -0.1) is 0 Å². The van der Waals surface area contributed by atoms with E-state index in [1.807, 2.05) is 13.2 Å². The molecule has 2 heteroatoms. The zero-order chi connectivity index (χ0) is 10.3. The Hall–Kier alpha value is -1.31. The number of aromatic nitrogens is 2. The fourth-order valence-corrected chi connectivity index (χ4v) is 1.82. The minimum Gasteiger partial charge on any atom is -0.336 e. The Bertz CT molecular complexity index is 461. The number of hydrogen-bond donors (Lipinski definition) is 0. The molecule has 0 aromatic carbocycles. The predicted molar refractivity (Wildman–Crippen MR) is 59.4 cm³/mol.